The molecule has 0 aromatic heterocycles. The van der Waals surface area contributed by atoms with Gasteiger partial charge in [-0.3, -0.25) is 14.0 Å². The number of hydrogen-bond donors (Lipinski definition) is 1. The van der Waals surface area contributed by atoms with Crippen LogP contribution in [0.5, 0.6) is 0 Å². The summed E-state index contributed by atoms with van der Waals surface area (Å²) < 4.78 is 90.3. The Hall–Kier alpha value is -1.68. The Kier molecular flexibility index (Phi) is 4.84. The fourth-order valence-corrected chi connectivity index (χ4v) is 1.06. The zero-order chi connectivity index (χ0) is 17.4. The van der Waals surface area contributed by atoms with Gasteiger partial charge in [0.15, 0.2) is 0 Å². The van der Waals surface area contributed by atoms with E-state index in [4.69, 9.17) is 5.11 Å². The van der Waals surface area contributed by atoms with Gasteiger partial charge in [0.2, 0.25) is 5.78 Å². The maximum atomic E-state index is 13.3. The monoisotopic (exact) mass is 326 g/mol. The van der Waals surface area contributed by atoms with Crippen molar-refractivity contribution in [3.63, 3.8) is 0 Å². The van der Waals surface area contributed by atoms with Gasteiger partial charge in [-0.15, -0.1) is 0 Å². The van der Waals surface area contributed by atoms with Crippen molar-refractivity contribution in [3.8, 4) is 0 Å². The number of carbonyl (C=O) groups is 3. The Morgan fingerprint density at radius 1 is 0.857 bits per heavy atom. The van der Waals surface area contributed by atoms with Gasteiger partial charge in [-0.2, -0.15) is 26.3 Å². The van der Waals surface area contributed by atoms with Crippen LogP contribution in [0.2, 0.25) is 0 Å². The van der Waals surface area contributed by atoms with Crippen molar-refractivity contribution < 1.29 is 50.2 Å². The van der Waals surface area contributed by atoms with E-state index in [0.29, 0.717) is 13.8 Å². The highest BCUT2D eigenvalue weighted by Crippen LogP contribution is 2.41. The first-order valence-electron chi connectivity index (χ1n) is 5.09. The molecule has 21 heavy (non-hydrogen) atoms. The Morgan fingerprint density at radius 2 is 1.24 bits per heavy atom. The minimum Gasteiger partial charge on any atom is -0.477 e. The van der Waals surface area contributed by atoms with Gasteiger partial charge in [-0.05, 0) is 0 Å². The van der Waals surface area contributed by atoms with E-state index in [9.17, 15) is 45.1 Å². The molecule has 1 N–H and O–H groups in total. The topological polar surface area (TPSA) is 71.4 Å². The lowest BCUT2D eigenvalue weighted by atomic mass is 9.83. The van der Waals surface area contributed by atoms with E-state index in [-0.39, 0.29) is 0 Å². The second-order valence-corrected chi connectivity index (χ2v) is 4.70. The Labute approximate surface area is 112 Å². The van der Waals surface area contributed by atoms with Crippen LogP contribution in [0.1, 0.15) is 13.8 Å². The third-order valence-electron chi connectivity index (χ3n) is 2.47. The van der Waals surface area contributed by atoms with Crippen molar-refractivity contribution in [2.75, 3.05) is 6.67 Å². The molecule has 0 aliphatic heterocycles. The van der Waals surface area contributed by atoms with Crippen molar-refractivity contribution in [2.24, 2.45) is 5.41 Å². The van der Waals surface area contributed by atoms with Crippen molar-refractivity contribution in [2.45, 2.75) is 31.6 Å². The zero-order valence-corrected chi connectivity index (χ0v) is 10.5. The van der Waals surface area contributed by atoms with E-state index in [1.165, 1.54) is 0 Å². The maximum absolute atomic E-state index is 13.3. The van der Waals surface area contributed by atoms with Gasteiger partial charge in [-0.25, -0.2) is 4.79 Å². The highest BCUT2D eigenvalue weighted by Gasteiger charge is 2.74. The molecule has 0 saturated heterocycles. The highest BCUT2D eigenvalue weighted by molar-refractivity contribution is 6.14. The summed E-state index contributed by atoms with van der Waals surface area (Å²) >= 11 is 0. The second-order valence-electron chi connectivity index (χ2n) is 4.70. The number of carbonyl (C=O) groups excluding carboxylic acids is 2. The van der Waals surface area contributed by atoms with E-state index in [1.807, 2.05) is 0 Å². The third kappa shape index (κ3) is 3.00. The molecule has 0 radical (unpaired) electrons. The van der Waals surface area contributed by atoms with Crippen LogP contribution in [0.15, 0.2) is 0 Å². The summed E-state index contributed by atoms with van der Waals surface area (Å²) in [4.78, 5) is 32.0. The first-order chi connectivity index (χ1) is 9.06. The third-order valence-corrected chi connectivity index (χ3v) is 2.47. The second kappa shape index (κ2) is 5.26. The molecule has 0 atom stereocenters. The molecule has 0 aliphatic rings. The summed E-state index contributed by atoms with van der Waals surface area (Å²) in [6, 6.07) is 0. The molecule has 0 aliphatic carbocycles. The molecule has 0 unspecified atom stereocenters. The van der Waals surface area contributed by atoms with E-state index in [2.05, 4.69) is 0 Å². The number of hydrogen-bond acceptors (Lipinski definition) is 3. The van der Waals surface area contributed by atoms with Gasteiger partial charge < -0.3 is 5.11 Å². The predicted octanol–water partition coefficient (Wildman–Crippen LogP) is 2.11. The molecule has 122 valence electrons. The van der Waals surface area contributed by atoms with Crippen LogP contribution in [-0.4, -0.2) is 47.1 Å². The van der Waals surface area contributed by atoms with Gasteiger partial charge in [0, 0.05) is 0 Å². The Bertz CT molecular complexity index is 470. The van der Waals surface area contributed by atoms with E-state index in [1.54, 1.807) is 0 Å². The summed E-state index contributed by atoms with van der Waals surface area (Å²) in [7, 11) is 0. The van der Waals surface area contributed by atoms with Gasteiger partial charge in [-0.1, -0.05) is 13.8 Å². The summed E-state index contributed by atoms with van der Waals surface area (Å²) in [6.45, 7) is -0.719. The average Bonchev–Trinajstić information content (AvgIpc) is 2.36. The van der Waals surface area contributed by atoms with E-state index in [0.717, 1.165) is 0 Å². The first kappa shape index (κ1) is 19.3. The molecular formula is C10H9F7O4. The normalized spacial score (nSPS) is 14.0. The van der Waals surface area contributed by atoms with Crippen LogP contribution in [0, 0.1) is 5.41 Å². The lowest BCUT2D eigenvalue weighted by Crippen LogP contribution is -2.60. The van der Waals surface area contributed by atoms with Crippen molar-refractivity contribution in [1.29, 1.82) is 0 Å². The van der Waals surface area contributed by atoms with Crippen molar-refractivity contribution in [1.82, 2.24) is 0 Å². The predicted molar refractivity (Wildman–Crippen MR) is 52.2 cm³/mol. The van der Waals surface area contributed by atoms with Crippen LogP contribution >= 0.6 is 0 Å². The molecule has 0 aromatic carbocycles. The van der Waals surface area contributed by atoms with Gasteiger partial charge in [0.05, 0.1) is 5.41 Å². The summed E-state index contributed by atoms with van der Waals surface area (Å²) in [5.41, 5.74) is -2.60. The molecule has 0 bridgehead atoms. The SMILES string of the molecule is CC(C)(CF)C(=O)C(F)(F)C(=O)C(F)(F)C(F)(F)C(=O)O. The fourth-order valence-electron chi connectivity index (χ4n) is 1.06. The molecule has 0 fully saturated rings. The number of carboxylic acid groups (broad SMARTS) is 1. The average molecular weight is 326 g/mol. The standard InChI is InChI=1S/C10H9F7O4/c1-7(2,3-11)4(18)8(12,13)5(19)9(14,15)10(16,17)6(20)21/h3H2,1-2H3,(H,20,21). The number of halogens is 7. The number of ketones is 2. The quantitative estimate of drug-likeness (QED) is 0.574. The van der Waals surface area contributed by atoms with Crippen LogP contribution in [0.25, 0.3) is 0 Å². The summed E-state index contributed by atoms with van der Waals surface area (Å²) in [5.74, 6) is -28.3. The smallest absolute Gasteiger partial charge is 0.411 e. The first-order valence-corrected chi connectivity index (χ1v) is 5.09. The number of alkyl halides is 7. The minimum atomic E-state index is -6.36. The van der Waals surface area contributed by atoms with Crippen LogP contribution < -0.4 is 0 Å². The lowest BCUT2D eigenvalue weighted by molar-refractivity contribution is -0.231. The van der Waals surface area contributed by atoms with Crippen molar-refractivity contribution >= 4 is 17.5 Å². The molecule has 0 heterocycles. The molecule has 0 spiro atoms. The molecule has 11 heteroatoms. The fraction of sp³-hybridized carbons (Fsp3) is 0.700. The largest absolute Gasteiger partial charge is 0.477 e. The van der Waals surface area contributed by atoms with E-state index < -0.39 is 47.4 Å². The summed E-state index contributed by atoms with van der Waals surface area (Å²) in [5, 5.41) is 7.86. The van der Waals surface area contributed by atoms with Gasteiger partial charge in [0.1, 0.15) is 6.67 Å². The zero-order valence-electron chi connectivity index (χ0n) is 10.5. The molecular weight excluding hydrogens is 317 g/mol. The number of rotatable bonds is 7. The Morgan fingerprint density at radius 3 is 1.52 bits per heavy atom. The minimum absolute atomic E-state index is 0.532. The lowest BCUT2D eigenvalue weighted by Gasteiger charge is -2.28. The van der Waals surface area contributed by atoms with Crippen LogP contribution in [-0.2, 0) is 14.4 Å². The number of carboxylic acids is 1. The molecule has 0 rings (SSSR count). The summed E-state index contributed by atoms with van der Waals surface area (Å²) in [6.07, 6.45) is 0. The van der Waals surface area contributed by atoms with Gasteiger partial charge >= 0.3 is 23.7 Å². The maximum Gasteiger partial charge on any atom is 0.411 e. The molecule has 0 amide bonds. The van der Waals surface area contributed by atoms with E-state index >= 15 is 0 Å². The number of Topliss-reactive ketones (excluding diaryl/α,β-unsaturated/α-hetero) is 2. The highest BCUT2D eigenvalue weighted by atomic mass is 19.3. The molecule has 0 aromatic rings. The molecule has 4 nitrogen and oxygen atoms in total. The van der Waals surface area contributed by atoms with Gasteiger partial charge in [0.25, 0.3) is 5.78 Å². The van der Waals surface area contributed by atoms with Crippen LogP contribution in [0.4, 0.5) is 30.7 Å². The molecule has 0 saturated carbocycles. The Balaban J connectivity index is 5.81. The van der Waals surface area contributed by atoms with Crippen molar-refractivity contribution in [3.05, 3.63) is 0 Å². The van der Waals surface area contributed by atoms with Crippen LogP contribution in [0.3, 0.4) is 0 Å². The number of aliphatic carboxylic acids is 1.